The van der Waals surface area contributed by atoms with Crippen LogP contribution in [-0.4, -0.2) is 38.6 Å². The minimum absolute atomic E-state index is 0.0875. The molecule has 0 aliphatic rings. The summed E-state index contributed by atoms with van der Waals surface area (Å²) in [5.41, 5.74) is 2.34. The van der Waals surface area contributed by atoms with Crippen LogP contribution >= 0.6 is 0 Å². The number of ether oxygens (including phenoxy) is 1. The highest BCUT2D eigenvalue weighted by Gasteiger charge is 2.03. The van der Waals surface area contributed by atoms with Crippen LogP contribution in [-0.2, 0) is 17.8 Å². The van der Waals surface area contributed by atoms with Crippen molar-refractivity contribution >= 4 is 11.9 Å². The van der Waals surface area contributed by atoms with Crippen molar-refractivity contribution in [1.29, 1.82) is 0 Å². The number of rotatable bonds is 10. The van der Waals surface area contributed by atoms with Gasteiger partial charge in [-0.2, -0.15) is 0 Å². The first-order chi connectivity index (χ1) is 13.7. The van der Waals surface area contributed by atoms with Gasteiger partial charge in [-0.15, -0.1) is 0 Å². The Balaban J connectivity index is 1.71. The van der Waals surface area contributed by atoms with E-state index in [1.165, 1.54) is 5.56 Å². The average molecular weight is 383 g/mol. The lowest BCUT2D eigenvalue weighted by molar-refractivity contribution is -0.119. The zero-order valence-corrected chi connectivity index (χ0v) is 16.7. The minimum Gasteiger partial charge on any atom is -0.497 e. The van der Waals surface area contributed by atoms with Gasteiger partial charge in [-0.3, -0.25) is 4.79 Å². The van der Waals surface area contributed by atoms with Crippen molar-refractivity contribution < 1.29 is 9.53 Å². The highest BCUT2D eigenvalue weighted by Crippen LogP contribution is 2.10. The molecule has 2 aromatic carbocycles. The van der Waals surface area contributed by atoms with Gasteiger partial charge in [0.2, 0.25) is 5.91 Å². The second-order valence-corrected chi connectivity index (χ2v) is 6.34. The molecule has 0 saturated carbocycles. The summed E-state index contributed by atoms with van der Waals surface area (Å²) in [6.07, 6.45) is 2.01. The third kappa shape index (κ3) is 8.12. The van der Waals surface area contributed by atoms with Crippen LogP contribution in [0.25, 0.3) is 0 Å². The van der Waals surface area contributed by atoms with Crippen LogP contribution in [0, 0.1) is 0 Å². The molecule has 0 aromatic heterocycles. The number of guanidine groups is 1. The largest absolute Gasteiger partial charge is 0.497 e. The van der Waals surface area contributed by atoms with E-state index in [4.69, 9.17) is 4.74 Å². The van der Waals surface area contributed by atoms with Crippen LogP contribution in [0.15, 0.2) is 59.6 Å². The number of aliphatic imine (C=N–C) groups is 1. The minimum atomic E-state index is -0.114. The molecule has 0 saturated heterocycles. The molecule has 6 nitrogen and oxygen atoms in total. The van der Waals surface area contributed by atoms with Crippen molar-refractivity contribution in [2.45, 2.75) is 26.3 Å². The lowest BCUT2D eigenvalue weighted by Gasteiger charge is -2.11. The molecule has 28 heavy (non-hydrogen) atoms. The third-order valence-electron chi connectivity index (χ3n) is 4.15. The summed E-state index contributed by atoms with van der Waals surface area (Å²) in [7, 11) is 1.63. The number of hydrogen-bond donors (Lipinski definition) is 3. The van der Waals surface area contributed by atoms with Gasteiger partial charge in [-0.05, 0) is 43.0 Å². The topological polar surface area (TPSA) is 74.8 Å². The smallest absolute Gasteiger partial charge is 0.242 e. The van der Waals surface area contributed by atoms with Gasteiger partial charge < -0.3 is 20.7 Å². The molecule has 0 fully saturated rings. The lowest BCUT2D eigenvalue weighted by atomic mass is 10.1. The zero-order valence-electron chi connectivity index (χ0n) is 16.7. The van der Waals surface area contributed by atoms with Crippen molar-refractivity contribution in [3.8, 4) is 5.75 Å². The summed E-state index contributed by atoms with van der Waals surface area (Å²) < 4.78 is 5.13. The van der Waals surface area contributed by atoms with Crippen LogP contribution in [0.4, 0.5) is 0 Å². The fourth-order valence-corrected chi connectivity index (χ4v) is 2.64. The highest BCUT2D eigenvalue weighted by molar-refractivity contribution is 5.84. The van der Waals surface area contributed by atoms with Crippen molar-refractivity contribution in [1.82, 2.24) is 16.0 Å². The molecule has 0 bridgehead atoms. The Morgan fingerprint density at radius 2 is 1.71 bits per heavy atom. The molecule has 0 atom stereocenters. The Morgan fingerprint density at radius 3 is 2.39 bits per heavy atom. The first-order valence-electron chi connectivity index (χ1n) is 9.67. The highest BCUT2D eigenvalue weighted by atomic mass is 16.5. The van der Waals surface area contributed by atoms with Gasteiger partial charge in [-0.1, -0.05) is 42.5 Å². The van der Waals surface area contributed by atoms with Crippen molar-refractivity contribution in [3.63, 3.8) is 0 Å². The third-order valence-corrected chi connectivity index (χ3v) is 4.15. The Labute approximate surface area is 167 Å². The number of aryl methyl sites for hydroxylation is 1. The summed E-state index contributed by atoms with van der Waals surface area (Å²) in [6.45, 7) is 4.11. The standard InChI is InChI=1S/C22H30N4O2/c1-3-23-22(24-15-7-10-18-8-5-4-6-9-18)26-17-21(27)25-16-19-11-13-20(28-2)14-12-19/h4-6,8-9,11-14H,3,7,10,15-17H2,1-2H3,(H,25,27)(H2,23,24,26). The number of nitrogens with zero attached hydrogens (tertiary/aromatic N) is 1. The van der Waals surface area contributed by atoms with Gasteiger partial charge in [0.15, 0.2) is 5.96 Å². The molecule has 3 N–H and O–H groups in total. The summed E-state index contributed by atoms with van der Waals surface area (Å²) in [6, 6.07) is 18.0. The molecule has 1 amide bonds. The molecule has 0 spiro atoms. The van der Waals surface area contributed by atoms with Gasteiger partial charge in [0.25, 0.3) is 0 Å². The molecular formula is C22H30N4O2. The van der Waals surface area contributed by atoms with E-state index in [0.29, 0.717) is 12.5 Å². The molecular weight excluding hydrogens is 352 g/mol. The SMILES string of the molecule is CCNC(=NCC(=O)NCc1ccc(OC)cc1)NCCCc1ccccc1. The summed E-state index contributed by atoms with van der Waals surface area (Å²) in [5.74, 6) is 1.35. The molecule has 2 aromatic rings. The van der Waals surface area contributed by atoms with Gasteiger partial charge >= 0.3 is 0 Å². The fourth-order valence-electron chi connectivity index (χ4n) is 2.64. The van der Waals surface area contributed by atoms with E-state index in [1.54, 1.807) is 7.11 Å². The first-order valence-corrected chi connectivity index (χ1v) is 9.67. The van der Waals surface area contributed by atoms with E-state index < -0.39 is 0 Å². The average Bonchev–Trinajstić information content (AvgIpc) is 2.74. The molecule has 0 aliphatic heterocycles. The Morgan fingerprint density at radius 1 is 0.964 bits per heavy atom. The monoisotopic (exact) mass is 382 g/mol. The number of carbonyl (C=O) groups is 1. The Bertz CT molecular complexity index is 730. The van der Waals surface area contributed by atoms with E-state index in [-0.39, 0.29) is 12.5 Å². The van der Waals surface area contributed by atoms with E-state index in [0.717, 1.165) is 37.2 Å². The normalized spacial score (nSPS) is 11.0. The fraction of sp³-hybridized carbons (Fsp3) is 0.364. The van der Waals surface area contributed by atoms with Crippen molar-refractivity contribution in [2.75, 3.05) is 26.7 Å². The molecule has 0 aliphatic carbocycles. The van der Waals surface area contributed by atoms with Crippen LogP contribution in [0.1, 0.15) is 24.5 Å². The predicted molar refractivity (Wildman–Crippen MR) is 114 cm³/mol. The molecule has 6 heteroatoms. The van der Waals surface area contributed by atoms with Crippen molar-refractivity contribution in [2.24, 2.45) is 4.99 Å². The first kappa shape index (κ1) is 21.3. The van der Waals surface area contributed by atoms with Gasteiger partial charge in [-0.25, -0.2) is 4.99 Å². The summed E-state index contributed by atoms with van der Waals surface area (Å²) in [5, 5.41) is 9.33. The molecule has 0 heterocycles. The molecule has 2 rings (SSSR count). The van der Waals surface area contributed by atoms with Crippen LogP contribution in [0.5, 0.6) is 5.75 Å². The maximum Gasteiger partial charge on any atom is 0.242 e. The quantitative estimate of drug-likeness (QED) is 0.335. The number of methoxy groups -OCH3 is 1. The number of nitrogens with one attached hydrogen (secondary N) is 3. The second kappa shape index (κ2) is 12.4. The van der Waals surface area contributed by atoms with E-state index in [2.05, 4.69) is 45.2 Å². The van der Waals surface area contributed by atoms with Gasteiger partial charge in [0.1, 0.15) is 12.3 Å². The van der Waals surface area contributed by atoms with Crippen molar-refractivity contribution in [3.05, 3.63) is 65.7 Å². The number of amides is 1. The predicted octanol–water partition coefficient (Wildman–Crippen LogP) is 2.50. The Kier molecular flexibility index (Phi) is 9.41. The number of hydrogen-bond acceptors (Lipinski definition) is 3. The van der Waals surface area contributed by atoms with Crippen LogP contribution in [0.3, 0.4) is 0 Å². The Hall–Kier alpha value is -3.02. The number of carbonyl (C=O) groups excluding carboxylic acids is 1. The molecule has 150 valence electrons. The van der Waals surface area contributed by atoms with E-state index in [9.17, 15) is 4.79 Å². The number of benzene rings is 2. The zero-order chi connectivity index (χ0) is 20.0. The summed E-state index contributed by atoms with van der Waals surface area (Å²) in [4.78, 5) is 16.4. The summed E-state index contributed by atoms with van der Waals surface area (Å²) >= 11 is 0. The second-order valence-electron chi connectivity index (χ2n) is 6.34. The van der Waals surface area contributed by atoms with Gasteiger partial charge in [0.05, 0.1) is 7.11 Å². The maximum atomic E-state index is 12.1. The van der Waals surface area contributed by atoms with Gasteiger partial charge in [0, 0.05) is 19.6 Å². The lowest BCUT2D eigenvalue weighted by Crippen LogP contribution is -2.39. The molecule has 0 radical (unpaired) electrons. The van der Waals surface area contributed by atoms with Crippen LogP contribution in [0.2, 0.25) is 0 Å². The van der Waals surface area contributed by atoms with E-state index in [1.807, 2.05) is 37.3 Å². The molecule has 0 unspecified atom stereocenters. The van der Waals surface area contributed by atoms with Crippen LogP contribution < -0.4 is 20.7 Å². The van der Waals surface area contributed by atoms with E-state index >= 15 is 0 Å². The maximum absolute atomic E-state index is 12.1.